The Hall–Kier alpha value is -1.85. The lowest BCUT2D eigenvalue weighted by atomic mass is 9.84. The smallest absolute Gasteiger partial charge is 0.247 e. The Kier molecular flexibility index (Phi) is 6.21. The van der Waals surface area contributed by atoms with Gasteiger partial charge in [0.05, 0.1) is 14.2 Å². The van der Waals surface area contributed by atoms with Gasteiger partial charge in [-0.2, -0.15) is 0 Å². The van der Waals surface area contributed by atoms with E-state index in [2.05, 4.69) is 44.6 Å². The maximum atomic E-state index is 6.42. The van der Waals surface area contributed by atoms with E-state index in [9.17, 15) is 0 Å². The molecule has 0 fully saturated rings. The van der Waals surface area contributed by atoms with Crippen molar-refractivity contribution in [2.24, 2.45) is 0 Å². The highest BCUT2D eigenvalue weighted by molar-refractivity contribution is 7.47. The molecule has 2 heterocycles. The Morgan fingerprint density at radius 3 is 2.30 bits per heavy atom. The minimum absolute atomic E-state index is 0.401. The van der Waals surface area contributed by atoms with Crippen LogP contribution >= 0.6 is 8.45 Å². The van der Waals surface area contributed by atoms with Gasteiger partial charge in [-0.3, -0.25) is 4.90 Å². The summed E-state index contributed by atoms with van der Waals surface area (Å²) in [5.74, 6) is 2.58. The first-order chi connectivity index (χ1) is 14.4. The first kappa shape index (κ1) is 21.4. The predicted octanol–water partition coefficient (Wildman–Crippen LogP) is 4.09. The highest BCUT2D eigenvalue weighted by Crippen LogP contribution is 2.47. The molecule has 2 aromatic rings. The molecule has 0 saturated heterocycles. The maximum Gasteiger partial charge on any atom is 0.247 e. The summed E-state index contributed by atoms with van der Waals surface area (Å²) in [5.41, 5.74) is 5.53. The molecule has 0 amide bonds. The van der Waals surface area contributed by atoms with E-state index in [4.69, 9.17) is 14.0 Å². The lowest BCUT2D eigenvalue weighted by Crippen LogP contribution is -2.39. The van der Waals surface area contributed by atoms with Crippen LogP contribution in [0.1, 0.15) is 28.3 Å². The number of fused-ring (bicyclic) bond motifs is 4. The Balaban J connectivity index is 1.66. The van der Waals surface area contributed by atoms with Crippen LogP contribution in [0.2, 0.25) is 0 Å². The third-order valence-electron chi connectivity index (χ3n) is 5.96. The lowest BCUT2D eigenvalue weighted by molar-refractivity contribution is 0.160. The van der Waals surface area contributed by atoms with E-state index < -0.39 is 8.45 Å². The molecule has 162 valence electrons. The molecule has 4 rings (SSSR count). The van der Waals surface area contributed by atoms with Gasteiger partial charge < -0.3 is 14.0 Å². The number of nitrogens with zero attached hydrogens (tertiary/aromatic N) is 3. The third-order valence-corrected chi connectivity index (χ3v) is 7.68. The zero-order valence-electron chi connectivity index (χ0n) is 18.8. The molecule has 7 heteroatoms. The van der Waals surface area contributed by atoms with Crippen LogP contribution in [0.15, 0.2) is 30.3 Å². The van der Waals surface area contributed by atoms with Gasteiger partial charge in [-0.15, -0.1) is 0 Å². The molecule has 30 heavy (non-hydrogen) atoms. The summed E-state index contributed by atoms with van der Waals surface area (Å²) in [5, 5.41) is 0. The van der Waals surface area contributed by atoms with Crippen molar-refractivity contribution in [3.05, 3.63) is 52.6 Å². The average Bonchev–Trinajstić information content (AvgIpc) is 2.74. The highest BCUT2D eigenvalue weighted by Gasteiger charge is 2.33. The number of rotatable bonds is 6. The molecule has 2 aromatic carbocycles. The molecule has 2 aliphatic rings. The van der Waals surface area contributed by atoms with Crippen LogP contribution in [0.3, 0.4) is 0 Å². The second-order valence-electron chi connectivity index (χ2n) is 8.32. The van der Waals surface area contributed by atoms with Crippen molar-refractivity contribution in [2.45, 2.75) is 25.4 Å². The van der Waals surface area contributed by atoms with E-state index in [-0.39, 0.29) is 0 Å². The fraction of sp³-hybridized carbons (Fsp3) is 0.478. The largest absolute Gasteiger partial charge is 0.497 e. The summed E-state index contributed by atoms with van der Waals surface area (Å²) in [6.07, 6.45) is 2.05. The number of benzene rings is 2. The second kappa shape index (κ2) is 8.72. The normalized spacial score (nSPS) is 18.2. The van der Waals surface area contributed by atoms with Crippen LogP contribution in [-0.2, 0) is 19.4 Å². The van der Waals surface area contributed by atoms with Gasteiger partial charge in [-0.05, 0) is 87.6 Å². The van der Waals surface area contributed by atoms with Crippen molar-refractivity contribution in [3.8, 4) is 17.2 Å². The van der Waals surface area contributed by atoms with Gasteiger partial charge in [0.2, 0.25) is 8.45 Å². The Morgan fingerprint density at radius 1 is 0.900 bits per heavy atom. The molecule has 0 aliphatic carbocycles. The molecule has 2 aliphatic heterocycles. The van der Waals surface area contributed by atoms with Gasteiger partial charge in [-0.25, -0.2) is 9.34 Å². The number of ether oxygens (including phenoxy) is 2. The van der Waals surface area contributed by atoms with Crippen LogP contribution in [0.25, 0.3) is 0 Å². The average molecular weight is 430 g/mol. The first-order valence-corrected chi connectivity index (χ1v) is 11.5. The van der Waals surface area contributed by atoms with Crippen LogP contribution in [0.4, 0.5) is 0 Å². The molecule has 0 bridgehead atoms. The minimum Gasteiger partial charge on any atom is -0.497 e. The zero-order chi connectivity index (χ0) is 21.4. The standard InChI is InChI=1S/C23H32N3O3P/c1-24(2)30(25(3)4)29-23-13-17-12-21-20-8-7-19(27-5)11-16(20)9-10-26(21)15-18(17)14-22(23)28-6/h7-8,11,13-14,21H,9-10,12,15H2,1-6H3. The Labute approximate surface area is 181 Å². The summed E-state index contributed by atoms with van der Waals surface area (Å²) in [6.45, 7) is 2.01. The van der Waals surface area contributed by atoms with Crippen LogP contribution < -0.4 is 14.0 Å². The van der Waals surface area contributed by atoms with Crippen molar-refractivity contribution in [1.82, 2.24) is 14.2 Å². The summed E-state index contributed by atoms with van der Waals surface area (Å²) >= 11 is 0. The summed E-state index contributed by atoms with van der Waals surface area (Å²) in [6, 6.07) is 11.3. The molecule has 1 unspecified atom stereocenters. The molecule has 0 aromatic heterocycles. The predicted molar refractivity (Wildman–Crippen MR) is 121 cm³/mol. The fourth-order valence-electron chi connectivity index (χ4n) is 4.54. The molecule has 0 saturated carbocycles. The van der Waals surface area contributed by atoms with Crippen LogP contribution in [0, 0.1) is 0 Å². The zero-order valence-corrected chi connectivity index (χ0v) is 19.7. The van der Waals surface area contributed by atoms with Gasteiger partial charge in [-0.1, -0.05) is 6.07 Å². The number of hydrogen-bond donors (Lipinski definition) is 0. The molecule has 1 atom stereocenters. The Morgan fingerprint density at radius 2 is 1.63 bits per heavy atom. The van der Waals surface area contributed by atoms with Gasteiger partial charge in [0.1, 0.15) is 5.75 Å². The van der Waals surface area contributed by atoms with Crippen LogP contribution in [-0.4, -0.2) is 63.2 Å². The van der Waals surface area contributed by atoms with Crippen molar-refractivity contribution in [2.75, 3.05) is 49.0 Å². The Bertz CT molecular complexity index is 911. The maximum absolute atomic E-state index is 6.42. The lowest BCUT2D eigenvalue weighted by Gasteiger charge is -2.41. The summed E-state index contributed by atoms with van der Waals surface area (Å²) in [4.78, 5) is 2.59. The van der Waals surface area contributed by atoms with Crippen molar-refractivity contribution in [3.63, 3.8) is 0 Å². The van der Waals surface area contributed by atoms with Crippen molar-refractivity contribution in [1.29, 1.82) is 0 Å². The molecular formula is C23H32N3O3P. The molecule has 0 radical (unpaired) electrons. The minimum atomic E-state index is -0.891. The van der Waals surface area contributed by atoms with E-state index in [1.807, 2.05) is 28.2 Å². The van der Waals surface area contributed by atoms with E-state index in [0.29, 0.717) is 6.04 Å². The van der Waals surface area contributed by atoms with Crippen LogP contribution in [0.5, 0.6) is 17.2 Å². The summed E-state index contributed by atoms with van der Waals surface area (Å²) < 4.78 is 21.8. The molecule has 0 spiro atoms. The van der Waals surface area contributed by atoms with Gasteiger partial charge in [0, 0.05) is 19.1 Å². The number of hydrogen-bond acceptors (Lipinski definition) is 6. The molecule has 0 N–H and O–H groups in total. The van der Waals surface area contributed by atoms with E-state index in [1.165, 1.54) is 22.3 Å². The fourth-order valence-corrected chi connectivity index (χ4v) is 5.90. The van der Waals surface area contributed by atoms with Crippen molar-refractivity contribution < 1.29 is 14.0 Å². The van der Waals surface area contributed by atoms with Gasteiger partial charge in [0.25, 0.3) is 0 Å². The highest BCUT2D eigenvalue weighted by atomic mass is 31.2. The molecular weight excluding hydrogens is 397 g/mol. The van der Waals surface area contributed by atoms with E-state index >= 15 is 0 Å². The summed E-state index contributed by atoms with van der Waals surface area (Å²) in [7, 11) is 10.7. The van der Waals surface area contributed by atoms with Gasteiger partial charge >= 0.3 is 0 Å². The molecule has 6 nitrogen and oxygen atoms in total. The SMILES string of the molecule is COc1ccc2c(c1)CCN1Cc3cc(OC)c(OP(N(C)C)N(C)C)cc3CC21. The quantitative estimate of drug-likeness (QED) is 0.644. The number of methoxy groups -OCH3 is 2. The second-order valence-corrected chi connectivity index (χ2v) is 10.6. The third kappa shape index (κ3) is 4.02. The van der Waals surface area contributed by atoms with E-state index in [0.717, 1.165) is 43.2 Å². The van der Waals surface area contributed by atoms with Gasteiger partial charge in [0.15, 0.2) is 11.5 Å². The monoisotopic (exact) mass is 429 g/mol. The topological polar surface area (TPSA) is 37.4 Å². The first-order valence-electron chi connectivity index (χ1n) is 10.3. The van der Waals surface area contributed by atoms with E-state index in [1.54, 1.807) is 14.2 Å². The van der Waals surface area contributed by atoms with Crippen molar-refractivity contribution >= 4 is 8.45 Å².